The second kappa shape index (κ2) is 19.8. The molecule has 1 aliphatic rings. The molecule has 0 aliphatic carbocycles. The number of anilines is 2. The Balaban J connectivity index is 0.00000552. The average Bonchev–Trinajstić information content (AvgIpc) is 3.08. The maximum absolute atomic E-state index is 14.1. The van der Waals surface area contributed by atoms with Crippen molar-refractivity contribution in [2.75, 3.05) is 43.2 Å². The zero-order valence-corrected chi connectivity index (χ0v) is 30.9. The Labute approximate surface area is 293 Å². The number of aliphatic hydroxyl groups excluding tert-OH is 1. The van der Waals surface area contributed by atoms with Gasteiger partial charge in [-0.05, 0) is 93.6 Å². The van der Waals surface area contributed by atoms with Gasteiger partial charge in [0.05, 0.1) is 16.8 Å². The quantitative estimate of drug-likeness (QED) is 0.220. The maximum Gasteiger partial charge on any atom is 0.224 e. The van der Waals surface area contributed by atoms with E-state index in [1.165, 1.54) is 0 Å². The van der Waals surface area contributed by atoms with Crippen molar-refractivity contribution >= 4 is 27.1 Å². The monoisotopic (exact) mass is 692 g/mol. The van der Waals surface area contributed by atoms with E-state index in [0.29, 0.717) is 41.5 Å². The van der Waals surface area contributed by atoms with E-state index in [-0.39, 0.29) is 31.5 Å². The fraction of sp³-hybridized carbons (Fsp3) is 0.658. The number of sulfone groups is 1. The summed E-state index contributed by atoms with van der Waals surface area (Å²) in [6.45, 7) is 12.9. The average molecular weight is 693 g/mol. The first kappa shape index (κ1) is 42.9. The molecule has 2 aromatic rings. The van der Waals surface area contributed by atoms with E-state index in [1.807, 2.05) is 55.4 Å². The molecule has 1 aliphatic heterocycles. The molecule has 3 atom stereocenters. The van der Waals surface area contributed by atoms with Crippen LogP contribution in [-0.4, -0.2) is 69.4 Å². The number of carbonyl (C=O) groups is 1. The molecule has 0 saturated heterocycles. The Hall–Kier alpha value is -2.13. The molecule has 0 saturated carbocycles. The summed E-state index contributed by atoms with van der Waals surface area (Å²) in [4.78, 5) is 17.7. The van der Waals surface area contributed by atoms with Gasteiger partial charge in [0, 0.05) is 49.3 Å². The Morgan fingerprint density at radius 1 is 1.00 bits per heavy atom. The van der Waals surface area contributed by atoms with Crippen LogP contribution in [0, 0.1) is 5.41 Å². The van der Waals surface area contributed by atoms with Crippen LogP contribution in [0.2, 0.25) is 0 Å². The van der Waals surface area contributed by atoms with Gasteiger partial charge >= 0.3 is 0 Å². The third-order valence-corrected chi connectivity index (χ3v) is 11.9. The molecule has 2 N–H and O–H groups in total. The third-order valence-electron chi connectivity index (χ3n) is 9.91. The number of nitrogens with zero attached hydrogens (tertiary/aromatic N) is 2. The highest BCUT2D eigenvalue weighted by molar-refractivity contribution is 7.91. The van der Waals surface area contributed by atoms with Crippen molar-refractivity contribution in [2.45, 2.75) is 129 Å². The summed E-state index contributed by atoms with van der Waals surface area (Å²) in [5, 5.41) is 15.5. The van der Waals surface area contributed by atoms with Crippen molar-refractivity contribution in [1.82, 2.24) is 4.90 Å². The summed E-state index contributed by atoms with van der Waals surface area (Å²) < 4.78 is 28.2. The normalized spacial score (nSPS) is 18.7. The second-order valence-electron chi connectivity index (χ2n) is 13.4. The number of hydrogen-bond acceptors (Lipinski definition) is 6. The van der Waals surface area contributed by atoms with Gasteiger partial charge < -0.3 is 32.6 Å². The zero-order valence-electron chi connectivity index (χ0n) is 29.3. The molecule has 0 radical (unpaired) electrons. The van der Waals surface area contributed by atoms with Crippen LogP contribution in [0.1, 0.15) is 123 Å². The van der Waals surface area contributed by atoms with Gasteiger partial charge in [-0.1, -0.05) is 72.9 Å². The molecule has 7 nitrogen and oxygen atoms in total. The maximum atomic E-state index is 14.1. The molecule has 0 fully saturated rings. The largest absolute Gasteiger partial charge is 1.00 e. The minimum Gasteiger partial charge on any atom is -1.00 e. The standard InChI is InChI=1S/C37H59N3O4S.CH4.ClH/c1-8-12-22-37(23-13-9-2)27-45(43,44)33-21-20-31(39(6)7)26-32(33)35(36(37)42)29-17-16-18-30(25-29)38-34(41)19-14-15-24-40(11-4)28(5)10-3;;/h16-18,20-21,25-26,28,35-36,42H,8-15,19,22-24,27H2,1-7H3,(H,38,41);1H4;1H/p-1/t28?,35-,36-;;/m1../s1. The molecular formula is C38H63ClN3O4S-. The highest BCUT2D eigenvalue weighted by atomic mass is 35.5. The van der Waals surface area contributed by atoms with Gasteiger partial charge in [0.15, 0.2) is 9.84 Å². The predicted octanol–water partition coefficient (Wildman–Crippen LogP) is 5.27. The lowest BCUT2D eigenvalue weighted by atomic mass is 9.68. The van der Waals surface area contributed by atoms with Crippen molar-refractivity contribution in [3.05, 3.63) is 53.6 Å². The van der Waals surface area contributed by atoms with Gasteiger partial charge in [-0.15, -0.1) is 0 Å². The van der Waals surface area contributed by atoms with Crippen LogP contribution >= 0.6 is 0 Å². The van der Waals surface area contributed by atoms with Gasteiger partial charge in [-0.2, -0.15) is 0 Å². The first-order valence-corrected chi connectivity index (χ1v) is 18.9. The lowest BCUT2D eigenvalue weighted by molar-refractivity contribution is -0.116. The number of benzene rings is 2. The molecule has 3 rings (SSSR count). The minimum atomic E-state index is -3.67. The van der Waals surface area contributed by atoms with E-state index in [1.54, 1.807) is 6.07 Å². The van der Waals surface area contributed by atoms with Gasteiger partial charge in [-0.25, -0.2) is 8.42 Å². The van der Waals surface area contributed by atoms with Crippen LogP contribution in [0.25, 0.3) is 0 Å². The molecular weight excluding hydrogens is 630 g/mol. The van der Waals surface area contributed by atoms with E-state index in [2.05, 4.69) is 44.8 Å². The number of fused-ring (bicyclic) bond motifs is 1. The van der Waals surface area contributed by atoms with Crippen LogP contribution in [0.15, 0.2) is 47.4 Å². The Bertz CT molecular complexity index is 1340. The third kappa shape index (κ3) is 10.9. The number of unbranched alkanes of at least 4 members (excludes halogenated alkanes) is 3. The highest BCUT2D eigenvalue weighted by Crippen LogP contribution is 2.50. The molecule has 0 spiro atoms. The summed E-state index contributed by atoms with van der Waals surface area (Å²) in [5.74, 6) is -0.642. The van der Waals surface area contributed by atoms with Crippen molar-refractivity contribution in [2.24, 2.45) is 5.41 Å². The number of carbonyl (C=O) groups excluding carboxylic acids is 1. The zero-order chi connectivity index (χ0) is 33.2. The minimum absolute atomic E-state index is 0. The summed E-state index contributed by atoms with van der Waals surface area (Å²) in [6.07, 6.45) is 7.31. The van der Waals surface area contributed by atoms with Gasteiger partial charge in [0.25, 0.3) is 0 Å². The number of amides is 1. The van der Waals surface area contributed by atoms with Gasteiger partial charge in [0.2, 0.25) is 5.91 Å². The number of aliphatic hydroxyl groups is 1. The number of halogens is 1. The van der Waals surface area contributed by atoms with E-state index < -0.39 is 27.3 Å². The summed E-state index contributed by atoms with van der Waals surface area (Å²) >= 11 is 0. The number of rotatable bonds is 17. The fourth-order valence-corrected chi connectivity index (χ4v) is 9.16. The predicted molar refractivity (Wildman–Crippen MR) is 195 cm³/mol. The number of hydrogen-bond donors (Lipinski definition) is 2. The lowest BCUT2D eigenvalue weighted by Gasteiger charge is -2.40. The topological polar surface area (TPSA) is 90.0 Å². The van der Waals surface area contributed by atoms with Crippen molar-refractivity contribution in [3.63, 3.8) is 0 Å². The molecule has 47 heavy (non-hydrogen) atoms. The van der Waals surface area contributed by atoms with E-state index in [9.17, 15) is 18.3 Å². The van der Waals surface area contributed by atoms with Crippen LogP contribution in [-0.2, 0) is 14.6 Å². The van der Waals surface area contributed by atoms with Crippen LogP contribution in [0.3, 0.4) is 0 Å². The molecule has 0 aromatic heterocycles. The Kier molecular flexibility index (Phi) is 18.0. The highest BCUT2D eigenvalue weighted by Gasteiger charge is 2.49. The first-order chi connectivity index (χ1) is 21.4. The summed E-state index contributed by atoms with van der Waals surface area (Å²) in [5.41, 5.74) is 2.24. The second-order valence-corrected chi connectivity index (χ2v) is 15.3. The molecule has 1 amide bonds. The van der Waals surface area contributed by atoms with Crippen molar-refractivity contribution in [3.8, 4) is 0 Å². The Morgan fingerprint density at radius 2 is 1.66 bits per heavy atom. The smallest absolute Gasteiger partial charge is 0.224 e. The van der Waals surface area contributed by atoms with E-state index >= 15 is 0 Å². The van der Waals surface area contributed by atoms with Crippen molar-refractivity contribution in [1.29, 1.82) is 0 Å². The molecule has 1 unspecified atom stereocenters. The molecule has 0 bridgehead atoms. The molecule has 268 valence electrons. The summed E-state index contributed by atoms with van der Waals surface area (Å²) in [7, 11) is 0.200. The molecule has 9 heteroatoms. The fourth-order valence-electron chi connectivity index (χ4n) is 6.97. The van der Waals surface area contributed by atoms with Gasteiger partial charge in [-0.3, -0.25) is 4.79 Å². The van der Waals surface area contributed by atoms with E-state index in [0.717, 1.165) is 69.3 Å². The molecule has 2 aromatic carbocycles. The van der Waals surface area contributed by atoms with Crippen LogP contribution in [0.5, 0.6) is 0 Å². The Morgan fingerprint density at radius 3 is 2.23 bits per heavy atom. The van der Waals surface area contributed by atoms with E-state index in [4.69, 9.17) is 0 Å². The lowest BCUT2D eigenvalue weighted by Crippen LogP contribution is -3.00. The van der Waals surface area contributed by atoms with Gasteiger partial charge in [0.1, 0.15) is 0 Å². The first-order valence-electron chi connectivity index (χ1n) is 17.3. The van der Waals surface area contributed by atoms with Crippen LogP contribution < -0.4 is 22.6 Å². The summed E-state index contributed by atoms with van der Waals surface area (Å²) in [6, 6.07) is 13.7. The SMILES string of the molecule is C.CCCCC1(CCCC)CS(=O)(=O)c2ccc(N(C)C)cc2[C@@H](c2cccc(NC(=O)CCCCN(CC)C(C)CC)c2)[C@H]1O.[Cl-]. The van der Waals surface area contributed by atoms with Crippen LogP contribution in [0.4, 0.5) is 11.4 Å². The van der Waals surface area contributed by atoms with Crippen molar-refractivity contribution < 1.29 is 30.7 Å². The molecule has 1 heterocycles. The number of nitrogens with one attached hydrogen (secondary N) is 1.